The zero-order valence-corrected chi connectivity index (χ0v) is 15.8. The summed E-state index contributed by atoms with van der Waals surface area (Å²) in [6.07, 6.45) is 5.32. The highest BCUT2D eigenvalue weighted by atomic mass is 79.9. The second-order valence-corrected chi connectivity index (χ2v) is 8.60. The van der Waals surface area contributed by atoms with Crippen LogP contribution in [0.25, 0.3) is 0 Å². The van der Waals surface area contributed by atoms with Crippen LogP contribution in [0.1, 0.15) is 44.3 Å². The lowest BCUT2D eigenvalue weighted by atomic mass is 9.82. The molecular formula is C17H25BrN4O2. The molecule has 6 nitrogen and oxygen atoms in total. The SMILES string of the molecule is CCc1nc(CN2CCN(C(=O)[C@@]34CC[C@@H](C[C@H]3Br)C4)CC2)no1. The fourth-order valence-electron chi connectivity index (χ4n) is 4.64. The predicted molar refractivity (Wildman–Crippen MR) is 92.6 cm³/mol. The number of hydrogen-bond donors (Lipinski definition) is 0. The molecule has 0 spiro atoms. The van der Waals surface area contributed by atoms with Crippen molar-refractivity contribution < 1.29 is 9.32 Å². The van der Waals surface area contributed by atoms with Crippen molar-refractivity contribution >= 4 is 21.8 Å². The summed E-state index contributed by atoms with van der Waals surface area (Å²) in [6.45, 7) is 6.10. The molecule has 3 fully saturated rings. The number of rotatable bonds is 4. The normalized spacial score (nSPS) is 33.3. The van der Waals surface area contributed by atoms with E-state index in [9.17, 15) is 4.79 Å². The van der Waals surface area contributed by atoms with Crippen LogP contribution < -0.4 is 0 Å². The molecule has 4 rings (SSSR count). The first kappa shape index (κ1) is 16.5. The Morgan fingerprint density at radius 1 is 1.38 bits per heavy atom. The van der Waals surface area contributed by atoms with Crippen LogP contribution in [0, 0.1) is 11.3 Å². The van der Waals surface area contributed by atoms with Gasteiger partial charge >= 0.3 is 0 Å². The van der Waals surface area contributed by atoms with E-state index in [2.05, 4.69) is 35.9 Å². The Labute approximate surface area is 151 Å². The standard InChI is InChI=1S/C17H25BrN4O2/c1-2-15-19-14(20-24-15)11-21-5-7-22(8-6-21)16(23)17-4-3-12(10-17)9-13(17)18/h12-13H,2-11H2,1H3/t12-,13+,17+/m0/s1. The summed E-state index contributed by atoms with van der Waals surface area (Å²) >= 11 is 3.80. The van der Waals surface area contributed by atoms with Gasteiger partial charge in [0.05, 0.1) is 12.0 Å². The first-order valence-corrected chi connectivity index (χ1v) is 9.99. The van der Waals surface area contributed by atoms with E-state index in [1.807, 2.05) is 6.92 Å². The van der Waals surface area contributed by atoms with Crippen molar-refractivity contribution in [1.82, 2.24) is 19.9 Å². The number of alkyl halides is 1. The van der Waals surface area contributed by atoms with Crippen molar-refractivity contribution in [3.63, 3.8) is 0 Å². The average molecular weight is 397 g/mol. The zero-order valence-electron chi connectivity index (χ0n) is 14.2. The third-order valence-electron chi connectivity index (χ3n) is 6.05. The Morgan fingerprint density at radius 3 is 2.75 bits per heavy atom. The molecule has 3 aliphatic rings. The molecule has 2 bridgehead atoms. The summed E-state index contributed by atoms with van der Waals surface area (Å²) in [7, 11) is 0. The number of aromatic nitrogens is 2. The van der Waals surface area contributed by atoms with Crippen molar-refractivity contribution in [2.45, 2.75) is 50.4 Å². The number of aryl methyl sites for hydroxylation is 1. The van der Waals surface area contributed by atoms with Gasteiger partial charge in [0.25, 0.3) is 0 Å². The molecular weight excluding hydrogens is 372 g/mol. The Morgan fingerprint density at radius 2 is 2.17 bits per heavy atom. The van der Waals surface area contributed by atoms with E-state index >= 15 is 0 Å². The Balaban J connectivity index is 1.33. The van der Waals surface area contributed by atoms with Crippen molar-refractivity contribution in [1.29, 1.82) is 0 Å². The number of carbonyl (C=O) groups excluding carboxylic acids is 1. The molecule has 1 saturated heterocycles. The van der Waals surface area contributed by atoms with E-state index in [4.69, 9.17) is 4.52 Å². The maximum Gasteiger partial charge on any atom is 0.230 e. The summed E-state index contributed by atoms with van der Waals surface area (Å²) in [5.41, 5.74) is -0.115. The summed E-state index contributed by atoms with van der Waals surface area (Å²) in [5, 5.41) is 4.02. The molecule has 7 heteroatoms. The van der Waals surface area contributed by atoms with Crippen molar-refractivity contribution in [3.8, 4) is 0 Å². The molecule has 2 heterocycles. The fourth-order valence-corrected chi connectivity index (χ4v) is 5.78. The van der Waals surface area contributed by atoms with Gasteiger partial charge in [-0.25, -0.2) is 0 Å². The number of nitrogens with zero attached hydrogens (tertiary/aromatic N) is 4. The zero-order chi connectivity index (χ0) is 16.7. The number of amides is 1. The van der Waals surface area contributed by atoms with Crippen LogP contribution in [0.4, 0.5) is 0 Å². The summed E-state index contributed by atoms with van der Waals surface area (Å²) in [4.78, 5) is 22.3. The minimum Gasteiger partial charge on any atom is -0.340 e. The van der Waals surface area contributed by atoms with Crippen LogP contribution in [0.2, 0.25) is 0 Å². The molecule has 1 aromatic rings. The van der Waals surface area contributed by atoms with Crippen LogP contribution in [0.3, 0.4) is 0 Å². The third kappa shape index (κ3) is 2.79. The van der Waals surface area contributed by atoms with E-state index in [1.165, 1.54) is 12.8 Å². The van der Waals surface area contributed by atoms with Gasteiger partial charge in [-0.1, -0.05) is 28.0 Å². The molecule has 2 aliphatic carbocycles. The highest BCUT2D eigenvalue weighted by molar-refractivity contribution is 9.09. The lowest BCUT2D eigenvalue weighted by molar-refractivity contribution is -0.143. The third-order valence-corrected chi connectivity index (χ3v) is 7.30. The van der Waals surface area contributed by atoms with Crippen molar-refractivity contribution in [3.05, 3.63) is 11.7 Å². The predicted octanol–water partition coefficient (Wildman–Crippen LogP) is 2.23. The van der Waals surface area contributed by atoms with Gasteiger partial charge in [-0.3, -0.25) is 9.69 Å². The summed E-state index contributed by atoms with van der Waals surface area (Å²) in [6, 6.07) is 0. The number of hydrogen-bond acceptors (Lipinski definition) is 5. The number of halogens is 1. The largest absolute Gasteiger partial charge is 0.340 e. The van der Waals surface area contributed by atoms with E-state index in [-0.39, 0.29) is 5.41 Å². The Bertz CT molecular complexity index is 613. The van der Waals surface area contributed by atoms with Crippen LogP contribution in [0.5, 0.6) is 0 Å². The topological polar surface area (TPSA) is 62.5 Å². The maximum atomic E-state index is 13.1. The van der Waals surface area contributed by atoms with Gasteiger partial charge in [0, 0.05) is 37.4 Å². The quantitative estimate of drug-likeness (QED) is 0.730. The molecule has 0 radical (unpaired) electrons. The number of piperazine rings is 1. The highest BCUT2D eigenvalue weighted by Crippen LogP contribution is 2.57. The van der Waals surface area contributed by atoms with Crippen LogP contribution in [0.15, 0.2) is 4.52 Å². The first-order valence-electron chi connectivity index (χ1n) is 9.08. The molecule has 0 aromatic carbocycles. The molecule has 0 N–H and O–H groups in total. The Hall–Kier alpha value is -0.950. The van der Waals surface area contributed by atoms with Crippen LogP contribution >= 0.6 is 15.9 Å². The smallest absolute Gasteiger partial charge is 0.230 e. The van der Waals surface area contributed by atoms with Gasteiger partial charge in [-0.2, -0.15) is 4.98 Å². The van der Waals surface area contributed by atoms with Crippen LogP contribution in [-0.2, 0) is 17.8 Å². The van der Waals surface area contributed by atoms with Gasteiger partial charge in [0.1, 0.15) is 0 Å². The second-order valence-electron chi connectivity index (χ2n) is 7.49. The molecule has 24 heavy (non-hydrogen) atoms. The molecule has 1 aliphatic heterocycles. The minimum atomic E-state index is -0.115. The molecule has 1 amide bonds. The van der Waals surface area contributed by atoms with Crippen molar-refractivity contribution in [2.24, 2.45) is 11.3 Å². The lowest BCUT2D eigenvalue weighted by Crippen LogP contribution is -2.53. The van der Waals surface area contributed by atoms with E-state index in [0.29, 0.717) is 23.2 Å². The Kier molecular flexibility index (Phi) is 4.41. The minimum absolute atomic E-state index is 0.115. The highest BCUT2D eigenvalue weighted by Gasteiger charge is 2.57. The van der Waals surface area contributed by atoms with Crippen molar-refractivity contribution in [2.75, 3.05) is 26.2 Å². The van der Waals surface area contributed by atoms with Gasteiger partial charge in [-0.15, -0.1) is 0 Å². The second kappa shape index (κ2) is 6.41. The lowest BCUT2D eigenvalue weighted by Gasteiger charge is -2.40. The number of carbonyl (C=O) groups is 1. The van der Waals surface area contributed by atoms with Gasteiger partial charge in [0.2, 0.25) is 11.8 Å². The first-order chi connectivity index (χ1) is 11.6. The average Bonchev–Trinajstić information content (AvgIpc) is 3.29. The fraction of sp³-hybridized carbons (Fsp3) is 0.824. The monoisotopic (exact) mass is 396 g/mol. The summed E-state index contributed by atoms with van der Waals surface area (Å²) < 4.78 is 5.17. The van der Waals surface area contributed by atoms with Crippen LogP contribution in [-0.4, -0.2) is 56.9 Å². The van der Waals surface area contributed by atoms with Gasteiger partial charge in [0.15, 0.2) is 5.82 Å². The van der Waals surface area contributed by atoms with E-state index in [1.54, 1.807) is 0 Å². The molecule has 0 unspecified atom stereocenters. The summed E-state index contributed by atoms with van der Waals surface area (Å²) in [5.74, 6) is 2.58. The molecule has 2 saturated carbocycles. The van der Waals surface area contributed by atoms with Gasteiger partial charge in [-0.05, 0) is 31.6 Å². The van der Waals surface area contributed by atoms with Gasteiger partial charge < -0.3 is 9.42 Å². The molecule has 132 valence electrons. The maximum absolute atomic E-state index is 13.1. The molecule has 3 atom stereocenters. The number of fused-ring (bicyclic) bond motifs is 2. The van der Waals surface area contributed by atoms with E-state index in [0.717, 1.165) is 57.2 Å². The molecule has 1 aromatic heterocycles. The van der Waals surface area contributed by atoms with E-state index < -0.39 is 0 Å².